The first kappa shape index (κ1) is 10.9. The Labute approximate surface area is 82.3 Å². The van der Waals surface area contributed by atoms with Crippen molar-refractivity contribution in [3.05, 3.63) is 0 Å². The van der Waals surface area contributed by atoms with Crippen molar-refractivity contribution in [1.29, 1.82) is 5.26 Å². The predicted octanol–water partition coefficient (Wildman–Crippen LogP) is -1.29. The maximum Gasteiger partial charge on any atom is 0.235 e. The molecular weight excluding hydrogens is 206 g/mol. The smallest absolute Gasteiger partial charge is 0.235 e. The Kier molecular flexibility index (Phi) is 3.43. The van der Waals surface area contributed by atoms with Crippen LogP contribution < -0.4 is 10.0 Å². The highest BCUT2D eigenvalue weighted by molar-refractivity contribution is 7.89. The summed E-state index contributed by atoms with van der Waals surface area (Å²) in [5, 5.41) is 10.8. The van der Waals surface area contributed by atoms with E-state index in [2.05, 4.69) is 5.32 Å². The third-order valence-electron chi connectivity index (χ3n) is 1.65. The standard InChI is InChI=1S/C7H11N3O3S/c8-3-4-14(12,13)9-5-7(11)10-6-1-2-6/h6,9H,1-2,4-5H2,(H,10,11). The highest BCUT2D eigenvalue weighted by atomic mass is 32.2. The summed E-state index contributed by atoms with van der Waals surface area (Å²) in [6, 6.07) is 1.71. The molecule has 0 radical (unpaired) electrons. The minimum Gasteiger partial charge on any atom is -0.352 e. The van der Waals surface area contributed by atoms with Gasteiger partial charge in [0.15, 0.2) is 5.75 Å². The van der Waals surface area contributed by atoms with E-state index in [-0.39, 0.29) is 18.5 Å². The Balaban J connectivity index is 2.25. The van der Waals surface area contributed by atoms with Crippen molar-refractivity contribution in [2.75, 3.05) is 12.3 Å². The normalized spacial score (nSPS) is 15.9. The number of nitrogens with one attached hydrogen (secondary N) is 2. The van der Waals surface area contributed by atoms with Gasteiger partial charge in [0.25, 0.3) is 0 Å². The molecule has 7 heteroatoms. The summed E-state index contributed by atoms with van der Waals surface area (Å²) in [4.78, 5) is 11.0. The molecule has 0 bridgehead atoms. The van der Waals surface area contributed by atoms with Crippen LogP contribution in [-0.2, 0) is 14.8 Å². The van der Waals surface area contributed by atoms with E-state index in [0.29, 0.717) is 0 Å². The zero-order valence-electron chi connectivity index (χ0n) is 7.49. The maximum atomic E-state index is 11.0. The molecule has 0 aromatic rings. The molecule has 0 saturated heterocycles. The third kappa shape index (κ3) is 4.20. The van der Waals surface area contributed by atoms with Crippen LogP contribution in [0.3, 0.4) is 0 Å². The van der Waals surface area contributed by atoms with Crippen LogP contribution in [0.2, 0.25) is 0 Å². The van der Waals surface area contributed by atoms with E-state index in [0.717, 1.165) is 12.8 Å². The van der Waals surface area contributed by atoms with Crippen LogP contribution >= 0.6 is 0 Å². The fraction of sp³-hybridized carbons (Fsp3) is 0.714. The minimum absolute atomic E-state index is 0.211. The second-order valence-electron chi connectivity index (χ2n) is 3.08. The number of rotatable bonds is 5. The summed E-state index contributed by atoms with van der Waals surface area (Å²) in [6.45, 7) is -0.291. The van der Waals surface area contributed by atoms with Crippen LogP contribution in [0.25, 0.3) is 0 Å². The van der Waals surface area contributed by atoms with E-state index in [4.69, 9.17) is 5.26 Å². The lowest BCUT2D eigenvalue weighted by Gasteiger charge is -2.03. The molecule has 1 saturated carbocycles. The number of carbonyl (C=O) groups is 1. The van der Waals surface area contributed by atoms with E-state index in [9.17, 15) is 13.2 Å². The summed E-state index contributed by atoms with van der Waals surface area (Å²) >= 11 is 0. The van der Waals surface area contributed by atoms with E-state index in [1.807, 2.05) is 4.72 Å². The molecule has 14 heavy (non-hydrogen) atoms. The van der Waals surface area contributed by atoms with E-state index in [1.54, 1.807) is 0 Å². The molecule has 0 unspecified atom stereocenters. The van der Waals surface area contributed by atoms with Crippen LogP contribution in [-0.4, -0.2) is 32.7 Å². The summed E-state index contributed by atoms with van der Waals surface area (Å²) in [5.41, 5.74) is 0. The molecule has 0 spiro atoms. The first-order valence-corrected chi connectivity index (χ1v) is 5.82. The average molecular weight is 217 g/mol. The monoisotopic (exact) mass is 217 g/mol. The Morgan fingerprint density at radius 3 is 2.64 bits per heavy atom. The highest BCUT2D eigenvalue weighted by Gasteiger charge is 2.23. The summed E-state index contributed by atoms with van der Waals surface area (Å²) < 4.78 is 23.9. The largest absolute Gasteiger partial charge is 0.352 e. The molecule has 6 nitrogen and oxygen atoms in total. The van der Waals surface area contributed by atoms with Crippen LogP contribution in [0.15, 0.2) is 0 Å². The van der Waals surface area contributed by atoms with Gasteiger partial charge in [0.2, 0.25) is 15.9 Å². The zero-order chi connectivity index (χ0) is 10.6. The highest BCUT2D eigenvalue weighted by Crippen LogP contribution is 2.18. The van der Waals surface area contributed by atoms with Crippen LogP contribution in [0.1, 0.15) is 12.8 Å². The Morgan fingerprint density at radius 1 is 1.50 bits per heavy atom. The third-order valence-corrected chi connectivity index (χ3v) is 2.74. The molecular formula is C7H11N3O3S. The zero-order valence-corrected chi connectivity index (χ0v) is 8.30. The fourth-order valence-electron chi connectivity index (χ4n) is 0.818. The summed E-state index contributed by atoms with van der Waals surface area (Å²) in [5.74, 6) is -0.974. The van der Waals surface area contributed by atoms with Gasteiger partial charge in [-0.3, -0.25) is 4.79 Å². The van der Waals surface area contributed by atoms with E-state index >= 15 is 0 Å². The molecule has 0 aliphatic heterocycles. The Bertz CT molecular complexity index is 353. The number of carbonyl (C=O) groups excluding carboxylic acids is 1. The topological polar surface area (TPSA) is 99.1 Å². The van der Waals surface area contributed by atoms with Crippen LogP contribution in [0, 0.1) is 11.3 Å². The van der Waals surface area contributed by atoms with Crippen LogP contribution in [0.5, 0.6) is 0 Å². The van der Waals surface area contributed by atoms with E-state index in [1.165, 1.54) is 6.07 Å². The first-order chi connectivity index (χ1) is 6.53. The van der Waals surface area contributed by atoms with Crippen LogP contribution in [0.4, 0.5) is 0 Å². The first-order valence-electron chi connectivity index (χ1n) is 4.17. The van der Waals surface area contributed by atoms with Crippen molar-refractivity contribution in [3.8, 4) is 6.07 Å². The van der Waals surface area contributed by atoms with Gasteiger partial charge in [0.05, 0.1) is 12.6 Å². The van der Waals surface area contributed by atoms with Crippen molar-refractivity contribution in [1.82, 2.24) is 10.0 Å². The van der Waals surface area contributed by atoms with Crippen molar-refractivity contribution in [3.63, 3.8) is 0 Å². The van der Waals surface area contributed by atoms with Gasteiger partial charge in [-0.1, -0.05) is 0 Å². The van der Waals surface area contributed by atoms with Gasteiger partial charge in [0, 0.05) is 6.04 Å². The second-order valence-corrected chi connectivity index (χ2v) is 4.89. The van der Waals surface area contributed by atoms with Gasteiger partial charge >= 0.3 is 0 Å². The Hall–Kier alpha value is -1.13. The summed E-state index contributed by atoms with van der Waals surface area (Å²) in [7, 11) is -3.61. The molecule has 0 heterocycles. The fourth-order valence-corrected chi connectivity index (χ4v) is 1.44. The number of hydrogen-bond donors (Lipinski definition) is 2. The molecule has 0 aromatic carbocycles. The molecule has 1 aliphatic rings. The van der Waals surface area contributed by atoms with E-state index < -0.39 is 15.8 Å². The SMILES string of the molecule is N#CCS(=O)(=O)NCC(=O)NC1CC1. The number of amides is 1. The van der Waals surface area contributed by atoms with Gasteiger partial charge < -0.3 is 5.32 Å². The van der Waals surface area contributed by atoms with Gasteiger partial charge in [0.1, 0.15) is 0 Å². The molecule has 1 amide bonds. The van der Waals surface area contributed by atoms with Crippen molar-refractivity contribution >= 4 is 15.9 Å². The van der Waals surface area contributed by atoms with Gasteiger partial charge in [-0.05, 0) is 12.8 Å². The molecule has 1 rings (SSSR count). The molecule has 1 aliphatic carbocycles. The maximum absolute atomic E-state index is 11.0. The summed E-state index contributed by atoms with van der Waals surface area (Å²) in [6.07, 6.45) is 1.91. The number of nitrogens with zero attached hydrogens (tertiary/aromatic N) is 1. The lowest BCUT2D eigenvalue weighted by atomic mass is 10.5. The molecule has 1 fully saturated rings. The van der Waals surface area contributed by atoms with Gasteiger partial charge in [-0.2, -0.15) is 5.26 Å². The molecule has 0 atom stereocenters. The quantitative estimate of drug-likeness (QED) is 0.598. The lowest BCUT2D eigenvalue weighted by molar-refractivity contribution is -0.120. The van der Waals surface area contributed by atoms with Crippen molar-refractivity contribution < 1.29 is 13.2 Å². The number of sulfonamides is 1. The van der Waals surface area contributed by atoms with Crippen molar-refractivity contribution in [2.24, 2.45) is 0 Å². The molecule has 0 aromatic heterocycles. The molecule has 2 N–H and O–H groups in total. The lowest BCUT2D eigenvalue weighted by Crippen LogP contribution is -2.38. The van der Waals surface area contributed by atoms with Gasteiger partial charge in [-0.15, -0.1) is 0 Å². The van der Waals surface area contributed by atoms with Crippen molar-refractivity contribution in [2.45, 2.75) is 18.9 Å². The average Bonchev–Trinajstić information content (AvgIpc) is 2.85. The minimum atomic E-state index is -3.61. The Morgan fingerprint density at radius 2 is 2.14 bits per heavy atom. The van der Waals surface area contributed by atoms with Gasteiger partial charge in [-0.25, -0.2) is 13.1 Å². The second kappa shape index (κ2) is 4.39. The number of nitriles is 1. The predicted molar refractivity (Wildman–Crippen MR) is 48.6 cm³/mol. The number of hydrogen-bond acceptors (Lipinski definition) is 4. The molecule has 78 valence electrons.